The van der Waals surface area contributed by atoms with Crippen LogP contribution in [0.25, 0.3) is 0 Å². The van der Waals surface area contributed by atoms with Crippen molar-refractivity contribution in [3.05, 3.63) is 29.3 Å². The molecule has 1 amide bonds. The van der Waals surface area contributed by atoms with Gasteiger partial charge < -0.3 is 15.3 Å². The van der Waals surface area contributed by atoms with Gasteiger partial charge in [-0.1, -0.05) is 0 Å². The highest BCUT2D eigenvalue weighted by atomic mass is 16.4. The molecular weight excluding hydrogens is 268 g/mol. The number of aryl methyl sites for hydroxylation is 1. The Kier molecular flexibility index (Phi) is 3.92. The van der Waals surface area contributed by atoms with Gasteiger partial charge in [-0.25, -0.2) is 4.79 Å². The van der Waals surface area contributed by atoms with E-state index < -0.39 is 5.97 Å². The Balaban J connectivity index is 1.69. The number of benzene rings is 1. The largest absolute Gasteiger partial charge is 0.478 e. The van der Waals surface area contributed by atoms with Gasteiger partial charge in [-0.05, 0) is 49.4 Å². The Bertz CT molecular complexity index is 567. The molecule has 0 bridgehead atoms. The molecule has 2 N–H and O–H groups in total. The van der Waals surface area contributed by atoms with Crippen LogP contribution < -0.4 is 10.2 Å². The summed E-state index contributed by atoms with van der Waals surface area (Å²) in [6, 6.07) is 5.66. The Morgan fingerprint density at radius 3 is 2.86 bits per heavy atom. The van der Waals surface area contributed by atoms with Crippen molar-refractivity contribution in [2.45, 2.75) is 38.1 Å². The lowest BCUT2D eigenvalue weighted by Gasteiger charge is -2.30. The summed E-state index contributed by atoms with van der Waals surface area (Å²) in [7, 11) is 0. The third kappa shape index (κ3) is 3.24. The molecule has 0 aromatic heterocycles. The molecule has 21 heavy (non-hydrogen) atoms. The van der Waals surface area contributed by atoms with Gasteiger partial charge in [0.15, 0.2) is 0 Å². The number of fused-ring (bicyclic) bond motifs is 1. The molecule has 1 aliphatic heterocycles. The fourth-order valence-electron chi connectivity index (χ4n) is 2.79. The van der Waals surface area contributed by atoms with Crippen LogP contribution in [0.3, 0.4) is 0 Å². The van der Waals surface area contributed by atoms with Gasteiger partial charge in [0, 0.05) is 31.2 Å². The van der Waals surface area contributed by atoms with Gasteiger partial charge in [-0.3, -0.25) is 4.79 Å². The minimum atomic E-state index is -0.921. The van der Waals surface area contributed by atoms with Crippen molar-refractivity contribution in [2.75, 3.05) is 18.0 Å². The third-order valence-corrected chi connectivity index (χ3v) is 4.10. The second-order valence-corrected chi connectivity index (χ2v) is 5.78. The quantitative estimate of drug-likeness (QED) is 0.867. The normalized spacial score (nSPS) is 17.4. The number of hydrogen-bond donors (Lipinski definition) is 2. The summed E-state index contributed by atoms with van der Waals surface area (Å²) in [5.41, 5.74) is 2.13. The van der Waals surface area contributed by atoms with Gasteiger partial charge in [0.1, 0.15) is 0 Å². The Hall–Kier alpha value is -1.88. The van der Waals surface area contributed by atoms with Crippen molar-refractivity contribution in [2.24, 2.45) is 0 Å². The second kappa shape index (κ2) is 5.85. The molecule has 1 aromatic rings. The van der Waals surface area contributed by atoms with Crippen LogP contribution in [-0.4, -0.2) is 36.1 Å². The molecule has 5 heteroatoms. The van der Waals surface area contributed by atoms with Crippen molar-refractivity contribution in [3.63, 3.8) is 0 Å². The molecule has 112 valence electrons. The van der Waals surface area contributed by atoms with E-state index in [-0.39, 0.29) is 5.91 Å². The maximum absolute atomic E-state index is 12.4. The molecule has 0 unspecified atom stereocenters. The predicted molar refractivity (Wildman–Crippen MR) is 79.7 cm³/mol. The monoisotopic (exact) mass is 288 g/mol. The molecule has 0 spiro atoms. The molecule has 1 aromatic carbocycles. The molecule has 1 aliphatic carbocycles. The van der Waals surface area contributed by atoms with Crippen LogP contribution in [0.1, 0.15) is 41.6 Å². The molecule has 3 rings (SSSR count). The first-order valence-corrected chi connectivity index (χ1v) is 7.55. The fourth-order valence-corrected chi connectivity index (χ4v) is 2.79. The zero-order valence-corrected chi connectivity index (χ0v) is 12.0. The van der Waals surface area contributed by atoms with Crippen molar-refractivity contribution in [3.8, 4) is 0 Å². The van der Waals surface area contributed by atoms with E-state index in [1.165, 1.54) is 12.8 Å². The van der Waals surface area contributed by atoms with Gasteiger partial charge in [0.2, 0.25) is 5.91 Å². The lowest BCUT2D eigenvalue weighted by molar-refractivity contribution is -0.118. The van der Waals surface area contributed by atoms with E-state index in [1.54, 1.807) is 23.1 Å². The van der Waals surface area contributed by atoms with E-state index >= 15 is 0 Å². The average Bonchev–Trinajstić information content (AvgIpc) is 3.30. The number of anilines is 1. The fraction of sp³-hybridized carbons (Fsp3) is 0.500. The van der Waals surface area contributed by atoms with Crippen LogP contribution in [0.4, 0.5) is 5.69 Å². The first-order chi connectivity index (χ1) is 10.1. The number of carboxylic acid groups (broad SMARTS) is 1. The molecule has 0 saturated heterocycles. The molecule has 1 heterocycles. The second-order valence-electron chi connectivity index (χ2n) is 5.78. The number of aromatic carboxylic acids is 1. The summed E-state index contributed by atoms with van der Waals surface area (Å²) in [6.07, 6.45) is 4.66. The number of nitrogens with one attached hydrogen (secondary N) is 1. The molecular formula is C16H20N2O3. The molecule has 0 atom stereocenters. The number of amides is 1. The van der Waals surface area contributed by atoms with Crippen molar-refractivity contribution >= 4 is 17.6 Å². The first-order valence-electron chi connectivity index (χ1n) is 7.55. The summed E-state index contributed by atoms with van der Waals surface area (Å²) in [5, 5.41) is 12.4. The average molecular weight is 288 g/mol. The number of nitrogens with zero attached hydrogens (tertiary/aromatic N) is 1. The van der Waals surface area contributed by atoms with E-state index in [9.17, 15) is 9.59 Å². The SMILES string of the molecule is O=C(O)c1ccc2c(c1)CCCN2C(=O)CCNC1CC1. The van der Waals surface area contributed by atoms with E-state index in [0.29, 0.717) is 18.0 Å². The van der Waals surface area contributed by atoms with E-state index in [4.69, 9.17) is 5.11 Å². The number of rotatable bonds is 5. The molecule has 0 radical (unpaired) electrons. The van der Waals surface area contributed by atoms with Gasteiger partial charge in [0.25, 0.3) is 0 Å². The number of carbonyl (C=O) groups excluding carboxylic acids is 1. The van der Waals surface area contributed by atoms with Crippen LogP contribution in [0.5, 0.6) is 0 Å². The first kappa shape index (κ1) is 14.1. The maximum Gasteiger partial charge on any atom is 0.335 e. The highest BCUT2D eigenvalue weighted by Gasteiger charge is 2.24. The Morgan fingerprint density at radius 1 is 1.33 bits per heavy atom. The third-order valence-electron chi connectivity index (χ3n) is 4.10. The lowest BCUT2D eigenvalue weighted by Crippen LogP contribution is -2.37. The van der Waals surface area contributed by atoms with Gasteiger partial charge >= 0.3 is 5.97 Å². The Labute approximate surface area is 123 Å². The molecule has 2 aliphatic rings. The number of hydrogen-bond acceptors (Lipinski definition) is 3. The molecule has 5 nitrogen and oxygen atoms in total. The summed E-state index contributed by atoms with van der Waals surface area (Å²) < 4.78 is 0. The minimum absolute atomic E-state index is 0.118. The van der Waals surface area contributed by atoms with Gasteiger partial charge in [-0.15, -0.1) is 0 Å². The van der Waals surface area contributed by atoms with Crippen LogP contribution in [0.15, 0.2) is 18.2 Å². The predicted octanol–water partition coefficient (Wildman–Crippen LogP) is 1.81. The standard InChI is InChI=1S/C16H20N2O3/c19-15(7-8-17-13-4-5-13)18-9-1-2-11-10-12(16(20)21)3-6-14(11)18/h3,6,10,13,17H,1-2,4-5,7-9H2,(H,20,21). The molecule has 1 saturated carbocycles. The number of carbonyl (C=O) groups is 2. The highest BCUT2D eigenvalue weighted by Crippen LogP contribution is 2.28. The smallest absolute Gasteiger partial charge is 0.335 e. The van der Waals surface area contributed by atoms with E-state index in [0.717, 1.165) is 37.2 Å². The van der Waals surface area contributed by atoms with Crippen molar-refractivity contribution < 1.29 is 14.7 Å². The molecule has 1 fully saturated rings. The van der Waals surface area contributed by atoms with E-state index in [2.05, 4.69) is 5.32 Å². The zero-order valence-electron chi connectivity index (χ0n) is 12.0. The lowest BCUT2D eigenvalue weighted by atomic mass is 9.99. The maximum atomic E-state index is 12.4. The van der Waals surface area contributed by atoms with Gasteiger partial charge in [0.05, 0.1) is 5.56 Å². The summed E-state index contributed by atoms with van der Waals surface area (Å²) in [6.45, 7) is 1.45. The van der Waals surface area contributed by atoms with Crippen LogP contribution in [-0.2, 0) is 11.2 Å². The van der Waals surface area contributed by atoms with Gasteiger partial charge in [-0.2, -0.15) is 0 Å². The minimum Gasteiger partial charge on any atom is -0.478 e. The van der Waals surface area contributed by atoms with Crippen LogP contribution in [0.2, 0.25) is 0 Å². The van der Waals surface area contributed by atoms with Crippen LogP contribution in [0, 0.1) is 0 Å². The number of carboxylic acids is 1. The zero-order chi connectivity index (χ0) is 14.8. The topological polar surface area (TPSA) is 69.6 Å². The summed E-state index contributed by atoms with van der Waals surface area (Å²) in [5.74, 6) is -0.804. The van der Waals surface area contributed by atoms with Crippen LogP contribution >= 0.6 is 0 Å². The highest BCUT2D eigenvalue weighted by molar-refractivity contribution is 5.96. The Morgan fingerprint density at radius 2 is 2.14 bits per heavy atom. The van der Waals surface area contributed by atoms with Crippen molar-refractivity contribution in [1.29, 1.82) is 0 Å². The van der Waals surface area contributed by atoms with E-state index in [1.807, 2.05) is 0 Å². The summed E-state index contributed by atoms with van der Waals surface area (Å²) >= 11 is 0. The summed E-state index contributed by atoms with van der Waals surface area (Å²) in [4.78, 5) is 25.2. The van der Waals surface area contributed by atoms with Crippen molar-refractivity contribution in [1.82, 2.24) is 5.32 Å².